The van der Waals surface area contributed by atoms with Crippen molar-refractivity contribution in [2.75, 3.05) is 32.9 Å². The maximum Gasteiger partial charge on any atom is 0.254 e. The number of hydrogen-bond acceptors (Lipinski definition) is 5. The molecule has 0 spiro atoms. The van der Waals surface area contributed by atoms with Crippen LogP contribution in [-0.4, -0.2) is 43.7 Å². The van der Waals surface area contributed by atoms with Crippen molar-refractivity contribution >= 4 is 17.2 Å². The van der Waals surface area contributed by atoms with E-state index < -0.39 is 0 Å². The lowest BCUT2D eigenvalue weighted by Crippen LogP contribution is -2.37. The lowest BCUT2D eigenvalue weighted by Gasteiger charge is -2.32. The summed E-state index contributed by atoms with van der Waals surface area (Å²) in [6.07, 6.45) is 1.99. The third kappa shape index (κ3) is 4.61. The average Bonchev–Trinajstić information content (AvgIpc) is 3.25. The molecule has 1 aromatic heterocycles. The van der Waals surface area contributed by atoms with Crippen LogP contribution in [0.2, 0.25) is 0 Å². The summed E-state index contributed by atoms with van der Waals surface area (Å²) in [4.78, 5) is 15.1. The molecule has 1 aromatic carbocycles. The minimum Gasteiger partial charge on any atom is -0.490 e. The van der Waals surface area contributed by atoms with Crippen LogP contribution in [-0.2, 0) is 0 Å². The fourth-order valence-electron chi connectivity index (χ4n) is 3.62. The summed E-state index contributed by atoms with van der Waals surface area (Å²) in [6, 6.07) is 5.76. The van der Waals surface area contributed by atoms with Gasteiger partial charge in [-0.3, -0.25) is 4.79 Å². The summed E-state index contributed by atoms with van der Waals surface area (Å²) in [5.74, 6) is 2.26. The van der Waals surface area contributed by atoms with Crippen LogP contribution in [0.25, 0.3) is 0 Å². The van der Waals surface area contributed by atoms with Gasteiger partial charge in [0.05, 0.1) is 19.8 Å². The van der Waals surface area contributed by atoms with Crippen LogP contribution in [0.4, 0.5) is 0 Å². The highest BCUT2D eigenvalue weighted by atomic mass is 32.1. The van der Waals surface area contributed by atoms with Crippen LogP contribution in [0.1, 0.15) is 55.5 Å². The van der Waals surface area contributed by atoms with E-state index in [1.807, 2.05) is 25.7 Å². The Balaban J connectivity index is 1.79. The third-order valence-corrected chi connectivity index (χ3v) is 5.65. The summed E-state index contributed by atoms with van der Waals surface area (Å²) in [5.41, 5.74) is 1.99. The molecule has 1 aliphatic rings. The number of amides is 1. The molecule has 28 heavy (non-hydrogen) atoms. The van der Waals surface area contributed by atoms with Crippen LogP contribution in [0.3, 0.4) is 0 Å². The molecular formula is C22H29NO4S. The molecule has 0 unspecified atom stereocenters. The molecule has 0 radical (unpaired) electrons. The lowest BCUT2D eigenvalue weighted by molar-refractivity contribution is 0.0712. The average molecular weight is 404 g/mol. The van der Waals surface area contributed by atoms with Gasteiger partial charge < -0.3 is 19.1 Å². The number of hydrogen-bond donors (Lipinski definition) is 0. The van der Waals surface area contributed by atoms with Crippen LogP contribution in [0.15, 0.2) is 29.0 Å². The zero-order chi connectivity index (χ0) is 19.9. The molecule has 1 amide bonds. The van der Waals surface area contributed by atoms with Gasteiger partial charge in [0.25, 0.3) is 5.91 Å². The molecule has 0 saturated carbocycles. The van der Waals surface area contributed by atoms with Gasteiger partial charge in [-0.25, -0.2) is 0 Å². The first kappa shape index (κ1) is 20.5. The summed E-state index contributed by atoms with van der Waals surface area (Å²) in [5, 5.41) is 4.34. The van der Waals surface area contributed by atoms with E-state index in [1.54, 1.807) is 23.5 Å². The highest BCUT2D eigenvalue weighted by molar-refractivity contribution is 7.07. The second kappa shape index (κ2) is 9.82. The van der Waals surface area contributed by atoms with E-state index in [4.69, 9.17) is 14.2 Å². The van der Waals surface area contributed by atoms with E-state index in [0.717, 1.165) is 25.9 Å². The maximum absolute atomic E-state index is 13.2. The number of rotatable bonds is 8. The van der Waals surface area contributed by atoms with E-state index in [2.05, 4.69) is 16.8 Å². The van der Waals surface area contributed by atoms with Crippen molar-refractivity contribution < 1.29 is 19.0 Å². The molecule has 0 aliphatic carbocycles. The molecule has 1 saturated heterocycles. The lowest BCUT2D eigenvalue weighted by atomic mass is 9.91. The van der Waals surface area contributed by atoms with Gasteiger partial charge in [0.15, 0.2) is 11.5 Å². The van der Waals surface area contributed by atoms with E-state index in [1.165, 1.54) is 5.56 Å². The van der Waals surface area contributed by atoms with Crippen LogP contribution in [0, 0.1) is 0 Å². The van der Waals surface area contributed by atoms with Crippen molar-refractivity contribution in [1.82, 2.24) is 4.90 Å². The van der Waals surface area contributed by atoms with Gasteiger partial charge in [-0.05, 0) is 74.1 Å². The maximum atomic E-state index is 13.2. The monoisotopic (exact) mass is 403 g/mol. The minimum atomic E-state index is 0.0220. The Hall–Kier alpha value is -2.21. The molecule has 1 aliphatic heterocycles. The van der Waals surface area contributed by atoms with Crippen molar-refractivity contribution in [3.05, 3.63) is 40.1 Å². The molecule has 0 N–H and O–H groups in total. The number of carbonyl (C=O) groups excluding carboxylic acids is 1. The quantitative estimate of drug-likeness (QED) is 0.625. The Kier molecular flexibility index (Phi) is 7.20. The van der Waals surface area contributed by atoms with Gasteiger partial charge in [-0.2, -0.15) is 11.3 Å². The summed E-state index contributed by atoms with van der Waals surface area (Å²) in [6.45, 7) is 8.77. The molecule has 0 bridgehead atoms. The Bertz CT molecular complexity index is 740. The number of carbonyl (C=O) groups is 1. The van der Waals surface area contributed by atoms with Crippen molar-refractivity contribution in [2.24, 2.45) is 0 Å². The van der Waals surface area contributed by atoms with E-state index in [-0.39, 0.29) is 5.91 Å². The van der Waals surface area contributed by atoms with E-state index in [0.29, 0.717) is 48.6 Å². The second-order valence-corrected chi connectivity index (χ2v) is 7.50. The highest BCUT2D eigenvalue weighted by Crippen LogP contribution is 2.40. The Labute approximate surface area is 171 Å². The summed E-state index contributed by atoms with van der Waals surface area (Å²) in [7, 11) is 0. The highest BCUT2D eigenvalue weighted by Gasteiger charge is 2.26. The molecule has 2 heterocycles. The molecule has 152 valence electrons. The van der Waals surface area contributed by atoms with Crippen molar-refractivity contribution in [3.63, 3.8) is 0 Å². The van der Waals surface area contributed by atoms with Gasteiger partial charge in [0.2, 0.25) is 5.75 Å². The van der Waals surface area contributed by atoms with Crippen LogP contribution in [0.5, 0.6) is 17.2 Å². The molecule has 0 atom stereocenters. The minimum absolute atomic E-state index is 0.0220. The molecule has 5 nitrogen and oxygen atoms in total. The number of thiophene rings is 1. The predicted molar refractivity (Wildman–Crippen MR) is 112 cm³/mol. The fourth-order valence-corrected chi connectivity index (χ4v) is 4.36. The predicted octanol–water partition coefficient (Wildman–Crippen LogP) is 4.96. The Morgan fingerprint density at radius 3 is 2.14 bits per heavy atom. The molecular weight excluding hydrogens is 374 g/mol. The number of ether oxygens (including phenoxy) is 3. The zero-order valence-corrected chi connectivity index (χ0v) is 17.7. The third-order valence-electron chi connectivity index (χ3n) is 4.95. The Morgan fingerprint density at radius 2 is 1.64 bits per heavy atom. The number of benzene rings is 1. The topological polar surface area (TPSA) is 48.0 Å². The number of nitrogens with zero attached hydrogens (tertiary/aromatic N) is 1. The van der Waals surface area contributed by atoms with Crippen LogP contribution < -0.4 is 14.2 Å². The normalized spacial score (nSPS) is 14.8. The number of likely N-dealkylation sites (tertiary alicyclic amines) is 1. The van der Waals surface area contributed by atoms with Gasteiger partial charge in [0.1, 0.15) is 0 Å². The fraction of sp³-hybridized carbons (Fsp3) is 0.500. The van der Waals surface area contributed by atoms with Crippen molar-refractivity contribution in [3.8, 4) is 17.2 Å². The molecule has 6 heteroatoms. The number of piperidine rings is 1. The van der Waals surface area contributed by atoms with Gasteiger partial charge in [-0.1, -0.05) is 0 Å². The Morgan fingerprint density at radius 1 is 1.04 bits per heavy atom. The first-order chi connectivity index (χ1) is 13.7. The smallest absolute Gasteiger partial charge is 0.254 e. The van der Waals surface area contributed by atoms with E-state index >= 15 is 0 Å². The van der Waals surface area contributed by atoms with Gasteiger partial charge in [-0.15, -0.1) is 0 Å². The second-order valence-electron chi connectivity index (χ2n) is 6.72. The van der Waals surface area contributed by atoms with Crippen LogP contribution >= 0.6 is 11.3 Å². The summed E-state index contributed by atoms with van der Waals surface area (Å²) >= 11 is 1.73. The molecule has 2 aromatic rings. The standard InChI is InChI=1S/C22H29NO4S/c1-4-25-19-13-18(14-20(26-5-2)21(19)27-6-3)22(24)23-10-7-16(8-11-23)17-9-12-28-15-17/h9,12-16H,4-8,10-11H2,1-3H3. The molecule has 3 rings (SSSR count). The first-order valence-electron chi connectivity index (χ1n) is 10.1. The largest absolute Gasteiger partial charge is 0.490 e. The zero-order valence-electron chi connectivity index (χ0n) is 16.9. The van der Waals surface area contributed by atoms with Crippen molar-refractivity contribution in [2.45, 2.75) is 39.5 Å². The van der Waals surface area contributed by atoms with Crippen molar-refractivity contribution in [1.29, 1.82) is 0 Å². The summed E-state index contributed by atoms with van der Waals surface area (Å²) < 4.78 is 17.2. The van der Waals surface area contributed by atoms with Gasteiger partial charge in [0, 0.05) is 18.7 Å². The SMILES string of the molecule is CCOc1cc(C(=O)N2CCC(c3ccsc3)CC2)cc(OCC)c1OCC. The first-order valence-corrected chi connectivity index (χ1v) is 11.0. The van der Waals surface area contributed by atoms with E-state index in [9.17, 15) is 4.79 Å². The molecule has 1 fully saturated rings. The van der Waals surface area contributed by atoms with Gasteiger partial charge >= 0.3 is 0 Å².